The van der Waals surface area contributed by atoms with Gasteiger partial charge in [-0.2, -0.15) is 5.26 Å². The van der Waals surface area contributed by atoms with Gasteiger partial charge in [-0.05, 0) is 18.1 Å². The van der Waals surface area contributed by atoms with E-state index in [1.54, 1.807) is 6.07 Å². The van der Waals surface area contributed by atoms with Crippen molar-refractivity contribution in [2.45, 2.75) is 26.4 Å². The van der Waals surface area contributed by atoms with E-state index in [2.05, 4.69) is 11.4 Å². The van der Waals surface area contributed by atoms with Crippen molar-refractivity contribution in [2.75, 3.05) is 0 Å². The second-order valence-corrected chi connectivity index (χ2v) is 4.99. The van der Waals surface area contributed by atoms with Gasteiger partial charge in [0, 0.05) is 11.4 Å². The van der Waals surface area contributed by atoms with Crippen LogP contribution < -0.4 is 5.32 Å². The molecule has 1 heterocycles. The lowest BCUT2D eigenvalue weighted by Gasteiger charge is -2.17. The third kappa shape index (κ3) is 3.33. The highest BCUT2D eigenvalue weighted by molar-refractivity contribution is 7.12. The lowest BCUT2D eigenvalue weighted by molar-refractivity contribution is -0.140. The predicted octanol–water partition coefficient (Wildman–Crippen LogP) is 1.82. The fourth-order valence-electron chi connectivity index (χ4n) is 1.35. The van der Waals surface area contributed by atoms with Crippen LogP contribution in [0.5, 0.6) is 0 Å². The van der Waals surface area contributed by atoms with Gasteiger partial charge in [0.05, 0.1) is 0 Å². The molecule has 4 nitrogen and oxygen atoms in total. The van der Waals surface area contributed by atoms with E-state index >= 15 is 0 Å². The first kappa shape index (κ1) is 12.7. The molecule has 0 aliphatic carbocycles. The summed E-state index contributed by atoms with van der Waals surface area (Å²) in [6, 6.07) is 5.09. The van der Waals surface area contributed by atoms with Crippen molar-refractivity contribution in [3.63, 3.8) is 0 Å². The third-order valence-corrected chi connectivity index (χ3v) is 3.19. The molecule has 1 atom stereocenters. The Kier molecular flexibility index (Phi) is 4.47. The van der Waals surface area contributed by atoms with E-state index in [0.717, 1.165) is 4.88 Å². The van der Waals surface area contributed by atoms with Crippen LogP contribution in [-0.4, -0.2) is 17.1 Å². The fraction of sp³-hybridized carbons (Fsp3) is 0.455. The molecule has 1 unspecified atom stereocenters. The first-order chi connectivity index (χ1) is 7.54. The van der Waals surface area contributed by atoms with Crippen molar-refractivity contribution in [1.82, 2.24) is 5.32 Å². The second kappa shape index (κ2) is 5.64. The first-order valence-electron chi connectivity index (χ1n) is 4.99. The summed E-state index contributed by atoms with van der Waals surface area (Å²) >= 11 is 1.38. The zero-order valence-corrected chi connectivity index (χ0v) is 10.0. The number of thiophene rings is 1. The van der Waals surface area contributed by atoms with Gasteiger partial charge in [-0.3, -0.25) is 10.1 Å². The van der Waals surface area contributed by atoms with Crippen molar-refractivity contribution >= 4 is 17.3 Å². The van der Waals surface area contributed by atoms with Gasteiger partial charge in [-0.1, -0.05) is 13.8 Å². The Morgan fingerprint density at radius 1 is 1.62 bits per heavy atom. The van der Waals surface area contributed by atoms with E-state index in [1.165, 1.54) is 11.3 Å². The number of nitriles is 1. The molecule has 0 saturated carbocycles. The molecular formula is C11H14N2O2S. The number of nitrogens with zero attached hydrogens (tertiary/aromatic N) is 1. The second-order valence-electron chi connectivity index (χ2n) is 3.82. The Bertz CT molecular complexity index is 406. The minimum absolute atomic E-state index is 0.0351. The van der Waals surface area contributed by atoms with Gasteiger partial charge in [-0.15, -0.1) is 11.3 Å². The minimum atomic E-state index is -0.841. The van der Waals surface area contributed by atoms with Gasteiger partial charge < -0.3 is 5.11 Å². The largest absolute Gasteiger partial charge is 0.480 e. The summed E-state index contributed by atoms with van der Waals surface area (Å²) in [5, 5.41) is 20.6. The highest BCUT2D eigenvalue weighted by Crippen LogP contribution is 2.15. The molecule has 5 heteroatoms. The van der Waals surface area contributed by atoms with Crippen molar-refractivity contribution in [3.8, 4) is 6.07 Å². The minimum Gasteiger partial charge on any atom is -0.480 e. The molecule has 0 aromatic carbocycles. The van der Waals surface area contributed by atoms with Crippen molar-refractivity contribution < 1.29 is 9.90 Å². The lowest BCUT2D eigenvalue weighted by Crippen LogP contribution is -2.40. The van der Waals surface area contributed by atoms with Crippen LogP contribution in [0.1, 0.15) is 23.6 Å². The Labute approximate surface area is 98.5 Å². The average Bonchev–Trinajstić information content (AvgIpc) is 2.65. The number of nitrogens with one attached hydrogen (secondary N) is 1. The molecule has 0 fully saturated rings. The smallest absolute Gasteiger partial charge is 0.320 e. The molecule has 0 aliphatic rings. The lowest BCUT2D eigenvalue weighted by atomic mass is 10.1. The van der Waals surface area contributed by atoms with Crippen LogP contribution in [0.3, 0.4) is 0 Å². The fourth-order valence-corrected chi connectivity index (χ4v) is 2.11. The van der Waals surface area contributed by atoms with Gasteiger partial charge in [0.2, 0.25) is 0 Å². The molecule has 0 bridgehead atoms. The predicted molar refractivity (Wildman–Crippen MR) is 62.1 cm³/mol. The maximum Gasteiger partial charge on any atom is 0.320 e. The molecule has 0 radical (unpaired) electrons. The van der Waals surface area contributed by atoms with Crippen LogP contribution in [0.15, 0.2) is 12.1 Å². The van der Waals surface area contributed by atoms with Gasteiger partial charge in [0.1, 0.15) is 17.0 Å². The highest BCUT2D eigenvalue weighted by Gasteiger charge is 2.20. The van der Waals surface area contributed by atoms with E-state index in [-0.39, 0.29) is 5.92 Å². The van der Waals surface area contributed by atoms with Crippen LogP contribution in [0.4, 0.5) is 0 Å². The molecule has 1 aromatic rings. The summed E-state index contributed by atoms with van der Waals surface area (Å²) in [6.07, 6.45) is 0. The van der Waals surface area contributed by atoms with E-state index in [1.807, 2.05) is 19.9 Å². The van der Waals surface area contributed by atoms with Gasteiger partial charge in [0.25, 0.3) is 0 Å². The monoisotopic (exact) mass is 238 g/mol. The van der Waals surface area contributed by atoms with Crippen LogP contribution >= 0.6 is 11.3 Å². The Hall–Kier alpha value is -1.38. The summed E-state index contributed by atoms with van der Waals surface area (Å²) in [7, 11) is 0. The van der Waals surface area contributed by atoms with Crippen LogP contribution in [0, 0.1) is 17.2 Å². The van der Waals surface area contributed by atoms with Crippen LogP contribution in [0.25, 0.3) is 0 Å². The maximum absolute atomic E-state index is 10.9. The normalized spacial score (nSPS) is 12.4. The number of hydrogen-bond donors (Lipinski definition) is 2. The molecule has 0 saturated heterocycles. The van der Waals surface area contributed by atoms with Gasteiger partial charge >= 0.3 is 5.97 Å². The van der Waals surface area contributed by atoms with Gasteiger partial charge in [0.15, 0.2) is 0 Å². The standard InChI is InChI=1S/C11H14N2O2S/c1-7(2)10(11(14)15)13-6-9-4-3-8(5-12)16-9/h3-4,7,10,13H,6H2,1-2H3,(H,14,15). The summed E-state index contributed by atoms with van der Waals surface area (Å²) in [6.45, 7) is 4.21. The SMILES string of the molecule is CC(C)C(NCc1ccc(C#N)s1)C(=O)O. The Morgan fingerprint density at radius 3 is 2.75 bits per heavy atom. The van der Waals surface area contributed by atoms with Crippen molar-refractivity contribution in [1.29, 1.82) is 5.26 Å². The van der Waals surface area contributed by atoms with E-state index in [0.29, 0.717) is 11.4 Å². The number of carboxylic acid groups (broad SMARTS) is 1. The number of carbonyl (C=O) groups is 1. The van der Waals surface area contributed by atoms with Crippen molar-refractivity contribution in [3.05, 3.63) is 21.9 Å². The van der Waals surface area contributed by atoms with E-state index in [4.69, 9.17) is 10.4 Å². The molecular weight excluding hydrogens is 224 g/mol. The molecule has 1 rings (SSSR count). The maximum atomic E-state index is 10.9. The van der Waals surface area contributed by atoms with E-state index < -0.39 is 12.0 Å². The topological polar surface area (TPSA) is 73.1 Å². The third-order valence-electron chi connectivity index (χ3n) is 2.20. The summed E-state index contributed by atoms with van der Waals surface area (Å²) < 4.78 is 0. The molecule has 0 spiro atoms. The number of rotatable bonds is 5. The number of hydrogen-bond acceptors (Lipinski definition) is 4. The summed E-state index contributed by atoms with van der Waals surface area (Å²) in [4.78, 5) is 12.5. The van der Waals surface area contributed by atoms with Crippen LogP contribution in [0.2, 0.25) is 0 Å². The molecule has 1 aromatic heterocycles. The molecule has 16 heavy (non-hydrogen) atoms. The van der Waals surface area contributed by atoms with E-state index in [9.17, 15) is 4.79 Å². The molecule has 0 amide bonds. The average molecular weight is 238 g/mol. The Balaban J connectivity index is 2.56. The van der Waals surface area contributed by atoms with Gasteiger partial charge in [-0.25, -0.2) is 0 Å². The first-order valence-corrected chi connectivity index (χ1v) is 5.81. The quantitative estimate of drug-likeness (QED) is 0.820. The molecule has 0 aliphatic heterocycles. The number of aliphatic carboxylic acids is 1. The highest BCUT2D eigenvalue weighted by atomic mass is 32.1. The zero-order valence-electron chi connectivity index (χ0n) is 9.23. The zero-order chi connectivity index (χ0) is 12.1. The molecule has 86 valence electrons. The van der Waals surface area contributed by atoms with Crippen LogP contribution in [-0.2, 0) is 11.3 Å². The summed E-state index contributed by atoms with van der Waals surface area (Å²) in [5.41, 5.74) is 0. The van der Waals surface area contributed by atoms with Crippen molar-refractivity contribution in [2.24, 2.45) is 5.92 Å². The molecule has 2 N–H and O–H groups in total. The Morgan fingerprint density at radius 2 is 2.31 bits per heavy atom. The number of carboxylic acids is 1. The summed E-state index contributed by atoms with van der Waals surface area (Å²) in [5.74, 6) is -0.806.